The maximum atomic E-state index is 11.6. The lowest BCUT2D eigenvalue weighted by atomic mass is 10.3. The number of thiophene rings is 1. The Bertz CT molecular complexity index is 541. The van der Waals surface area contributed by atoms with Crippen molar-refractivity contribution in [1.82, 2.24) is 4.72 Å². The minimum atomic E-state index is -3.28. The van der Waals surface area contributed by atoms with Crippen molar-refractivity contribution in [2.75, 3.05) is 25.5 Å². The molecule has 0 spiro atoms. The van der Waals surface area contributed by atoms with E-state index in [1.165, 1.54) is 11.3 Å². The SMILES string of the molecule is CCOCCS(=O)(=O)NCc1cc(C#CCN)cs1. The third-order valence-electron chi connectivity index (χ3n) is 2.16. The Hall–Kier alpha value is -0.910. The highest BCUT2D eigenvalue weighted by atomic mass is 32.2. The standard InChI is InChI=1S/C12H18N2O3S2/c1-2-17-6-7-19(15,16)14-9-12-8-11(10-18-12)4-3-5-13/h8,10,14H,2,5-7,9,13H2,1H3. The van der Waals surface area contributed by atoms with Crippen LogP contribution in [0.2, 0.25) is 0 Å². The number of nitrogens with two attached hydrogens (primary N) is 1. The molecule has 0 atom stereocenters. The van der Waals surface area contributed by atoms with Crippen LogP contribution in [-0.2, 0) is 21.3 Å². The van der Waals surface area contributed by atoms with E-state index in [-0.39, 0.29) is 18.9 Å². The molecule has 0 fully saturated rings. The lowest BCUT2D eigenvalue weighted by molar-refractivity contribution is 0.163. The molecule has 1 aromatic heterocycles. The van der Waals surface area contributed by atoms with Crippen LogP contribution in [0.5, 0.6) is 0 Å². The maximum absolute atomic E-state index is 11.6. The first-order chi connectivity index (χ1) is 9.07. The Kier molecular flexibility index (Phi) is 7.05. The van der Waals surface area contributed by atoms with Crippen molar-refractivity contribution in [3.8, 4) is 11.8 Å². The summed E-state index contributed by atoms with van der Waals surface area (Å²) in [5.74, 6) is 5.63. The predicted molar refractivity (Wildman–Crippen MR) is 77.4 cm³/mol. The molecule has 0 saturated heterocycles. The van der Waals surface area contributed by atoms with Gasteiger partial charge in [-0.25, -0.2) is 13.1 Å². The van der Waals surface area contributed by atoms with Crippen LogP contribution in [0.3, 0.4) is 0 Å². The molecule has 5 nitrogen and oxygen atoms in total. The lowest BCUT2D eigenvalue weighted by Gasteiger charge is -2.05. The van der Waals surface area contributed by atoms with Gasteiger partial charge < -0.3 is 10.5 Å². The van der Waals surface area contributed by atoms with Gasteiger partial charge >= 0.3 is 0 Å². The Balaban J connectivity index is 2.45. The highest BCUT2D eigenvalue weighted by Crippen LogP contribution is 2.13. The summed E-state index contributed by atoms with van der Waals surface area (Å²) >= 11 is 1.47. The summed E-state index contributed by atoms with van der Waals surface area (Å²) in [6.07, 6.45) is 0. The number of hydrogen-bond acceptors (Lipinski definition) is 5. The van der Waals surface area contributed by atoms with Gasteiger partial charge in [0.1, 0.15) is 0 Å². The molecule has 19 heavy (non-hydrogen) atoms. The van der Waals surface area contributed by atoms with Gasteiger partial charge in [0, 0.05) is 29.0 Å². The van der Waals surface area contributed by atoms with E-state index in [2.05, 4.69) is 16.6 Å². The average molecular weight is 302 g/mol. The van der Waals surface area contributed by atoms with Crippen molar-refractivity contribution in [3.05, 3.63) is 21.9 Å². The van der Waals surface area contributed by atoms with Gasteiger partial charge in [0.15, 0.2) is 0 Å². The van der Waals surface area contributed by atoms with E-state index in [1.54, 1.807) is 0 Å². The lowest BCUT2D eigenvalue weighted by Crippen LogP contribution is -2.27. The quantitative estimate of drug-likeness (QED) is 0.568. The minimum Gasteiger partial charge on any atom is -0.381 e. The van der Waals surface area contributed by atoms with E-state index in [1.807, 2.05) is 18.4 Å². The molecule has 1 aromatic rings. The molecule has 1 rings (SSSR count). The molecule has 0 aliphatic carbocycles. The van der Waals surface area contributed by atoms with Crippen LogP contribution in [0, 0.1) is 11.8 Å². The van der Waals surface area contributed by atoms with Crippen LogP contribution in [0.25, 0.3) is 0 Å². The van der Waals surface area contributed by atoms with Crippen molar-refractivity contribution in [2.45, 2.75) is 13.5 Å². The van der Waals surface area contributed by atoms with Crippen LogP contribution < -0.4 is 10.5 Å². The molecule has 7 heteroatoms. The zero-order chi connectivity index (χ0) is 14.1. The number of rotatable bonds is 7. The third-order valence-corrected chi connectivity index (χ3v) is 4.38. The van der Waals surface area contributed by atoms with Crippen molar-refractivity contribution < 1.29 is 13.2 Å². The monoisotopic (exact) mass is 302 g/mol. The fraction of sp³-hybridized carbons (Fsp3) is 0.500. The zero-order valence-electron chi connectivity index (χ0n) is 10.8. The van der Waals surface area contributed by atoms with Crippen LogP contribution in [-0.4, -0.2) is 33.9 Å². The van der Waals surface area contributed by atoms with Crippen molar-refractivity contribution >= 4 is 21.4 Å². The van der Waals surface area contributed by atoms with Crippen molar-refractivity contribution in [2.24, 2.45) is 5.73 Å². The topological polar surface area (TPSA) is 81.4 Å². The van der Waals surface area contributed by atoms with E-state index < -0.39 is 10.0 Å². The van der Waals surface area contributed by atoms with Gasteiger partial charge in [-0.3, -0.25) is 0 Å². The van der Waals surface area contributed by atoms with E-state index >= 15 is 0 Å². The fourth-order valence-electron chi connectivity index (χ4n) is 1.26. The first-order valence-electron chi connectivity index (χ1n) is 5.89. The van der Waals surface area contributed by atoms with Gasteiger partial charge in [-0.2, -0.15) is 0 Å². The molecule has 0 unspecified atom stereocenters. The van der Waals surface area contributed by atoms with Crippen molar-refractivity contribution in [1.29, 1.82) is 0 Å². The molecule has 0 saturated carbocycles. The minimum absolute atomic E-state index is 0.0218. The number of nitrogens with one attached hydrogen (secondary N) is 1. The average Bonchev–Trinajstić information content (AvgIpc) is 2.82. The maximum Gasteiger partial charge on any atom is 0.214 e. The molecule has 0 radical (unpaired) electrons. The molecule has 0 bridgehead atoms. The summed E-state index contributed by atoms with van der Waals surface area (Å²) in [4.78, 5) is 0.918. The van der Waals surface area contributed by atoms with Gasteiger partial charge in [-0.05, 0) is 13.0 Å². The second-order valence-corrected chi connectivity index (χ2v) is 6.57. The molecular formula is C12H18N2O3S2. The Morgan fingerprint density at radius 3 is 3.00 bits per heavy atom. The molecule has 3 N–H and O–H groups in total. The molecule has 0 aromatic carbocycles. The smallest absolute Gasteiger partial charge is 0.214 e. The van der Waals surface area contributed by atoms with Gasteiger partial charge in [-0.15, -0.1) is 11.3 Å². The highest BCUT2D eigenvalue weighted by molar-refractivity contribution is 7.89. The first kappa shape index (κ1) is 16.1. The summed E-state index contributed by atoms with van der Waals surface area (Å²) in [6, 6.07) is 1.86. The van der Waals surface area contributed by atoms with Crippen LogP contribution in [0.15, 0.2) is 11.4 Å². The summed E-state index contributed by atoms with van der Waals surface area (Å²) in [5, 5.41) is 1.88. The molecule has 0 aliphatic rings. The molecule has 106 valence electrons. The largest absolute Gasteiger partial charge is 0.381 e. The van der Waals surface area contributed by atoms with E-state index in [0.29, 0.717) is 13.2 Å². The molecule has 0 aliphatic heterocycles. The first-order valence-corrected chi connectivity index (χ1v) is 8.42. The number of ether oxygens (including phenoxy) is 1. The molecule has 0 amide bonds. The van der Waals surface area contributed by atoms with E-state index in [4.69, 9.17) is 10.5 Å². The van der Waals surface area contributed by atoms with Gasteiger partial charge in [-0.1, -0.05) is 11.8 Å². The molecular weight excluding hydrogens is 284 g/mol. The number of sulfonamides is 1. The normalized spacial score (nSPS) is 11.1. The summed E-state index contributed by atoms with van der Waals surface area (Å²) in [6.45, 7) is 3.15. The summed E-state index contributed by atoms with van der Waals surface area (Å²) < 4.78 is 30.8. The van der Waals surface area contributed by atoms with Crippen LogP contribution >= 0.6 is 11.3 Å². The second kappa shape index (κ2) is 8.30. The summed E-state index contributed by atoms with van der Waals surface area (Å²) in [5.41, 5.74) is 6.14. The fourth-order valence-corrected chi connectivity index (χ4v) is 2.96. The highest BCUT2D eigenvalue weighted by Gasteiger charge is 2.10. The van der Waals surface area contributed by atoms with E-state index in [9.17, 15) is 8.42 Å². The van der Waals surface area contributed by atoms with Crippen LogP contribution in [0.4, 0.5) is 0 Å². The van der Waals surface area contributed by atoms with Gasteiger partial charge in [0.05, 0.1) is 18.9 Å². The Morgan fingerprint density at radius 2 is 2.32 bits per heavy atom. The van der Waals surface area contributed by atoms with Gasteiger partial charge in [0.2, 0.25) is 10.0 Å². The third kappa shape index (κ3) is 6.71. The zero-order valence-corrected chi connectivity index (χ0v) is 12.4. The number of hydrogen-bond donors (Lipinski definition) is 2. The summed E-state index contributed by atoms with van der Waals surface area (Å²) in [7, 11) is -3.28. The Morgan fingerprint density at radius 1 is 1.53 bits per heavy atom. The second-order valence-electron chi connectivity index (χ2n) is 3.64. The predicted octanol–water partition coefficient (Wildman–Crippen LogP) is 0.514. The molecule has 1 heterocycles. The van der Waals surface area contributed by atoms with E-state index in [0.717, 1.165) is 10.4 Å². The van der Waals surface area contributed by atoms with Crippen LogP contribution in [0.1, 0.15) is 17.4 Å². The van der Waals surface area contributed by atoms with Gasteiger partial charge in [0.25, 0.3) is 0 Å². The Labute approximate surface area is 118 Å². The van der Waals surface area contributed by atoms with Crippen molar-refractivity contribution in [3.63, 3.8) is 0 Å².